The maximum Gasteiger partial charge on any atom is 0.311 e. The minimum absolute atomic E-state index is 0.0317. The van der Waals surface area contributed by atoms with Crippen LogP contribution in [0.25, 0.3) is 0 Å². The number of aryl methyl sites for hydroxylation is 2. The lowest BCUT2D eigenvalue weighted by Crippen LogP contribution is -2.14. The average Bonchev–Trinajstić information content (AvgIpc) is 2.32. The second-order valence-electron chi connectivity index (χ2n) is 5.37. The minimum atomic E-state index is -0.420. The van der Waals surface area contributed by atoms with Gasteiger partial charge in [0.15, 0.2) is 0 Å². The van der Waals surface area contributed by atoms with Crippen LogP contribution in [0, 0.1) is 19.8 Å². The van der Waals surface area contributed by atoms with Crippen LogP contribution in [0.3, 0.4) is 0 Å². The monoisotopic (exact) mass is 278 g/mol. The van der Waals surface area contributed by atoms with Gasteiger partial charge in [0.25, 0.3) is 0 Å². The highest BCUT2D eigenvalue weighted by molar-refractivity contribution is 5.79. The van der Waals surface area contributed by atoms with E-state index < -0.39 is 5.97 Å². The SMILES string of the molecule is Cc1cc(C)cc(OC(=O)CCC(=O)OCC(C)C)c1. The highest BCUT2D eigenvalue weighted by Crippen LogP contribution is 2.17. The van der Waals surface area contributed by atoms with E-state index in [0.29, 0.717) is 18.3 Å². The third-order valence-electron chi connectivity index (χ3n) is 2.54. The summed E-state index contributed by atoms with van der Waals surface area (Å²) in [4.78, 5) is 23.0. The van der Waals surface area contributed by atoms with Crippen molar-refractivity contribution in [2.75, 3.05) is 6.61 Å². The molecule has 1 aromatic carbocycles. The zero-order chi connectivity index (χ0) is 15.1. The van der Waals surface area contributed by atoms with Gasteiger partial charge in [-0.25, -0.2) is 0 Å². The molecule has 0 amide bonds. The summed E-state index contributed by atoms with van der Waals surface area (Å²) in [5.74, 6) is 0.0248. The van der Waals surface area contributed by atoms with Gasteiger partial charge in [0.1, 0.15) is 5.75 Å². The predicted molar refractivity (Wildman–Crippen MR) is 76.6 cm³/mol. The zero-order valence-electron chi connectivity index (χ0n) is 12.6. The lowest BCUT2D eigenvalue weighted by molar-refractivity contribution is -0.147. The van der Waals surface area contributed by atoms with Crippen LogP contribution in [0.5, 0.6) is 5.75 Å². The van der Waals surface area contributed by atoms with E-state index in [1.165, 1.54) is 0 Å². The van der Waals surface area contributed by atoms with E-state index in [1.54, 1.807) is 12.1 Å². The van der Waals surface area contributed by atoms with Gasteiger partial charge in [-0.05, 0) is 43.0 Å². The molecule has 0 saturated heterocycles. The van der Waals surface area contributed by atoms with E-state index in [4.69, 9.17) is 9.47 Å². The van der Waals surface area contributed by atoms with E-state index in [1.807, 2.05) is 33.8 Å². The summed E-state index contributed by atoms with van der Waals surface area (Å²) >= 11 is 0. The van der Waals surface area contributed by atoms with Crippen LogP contribution < -0.4 is 4.74 Å². The molecule has 0 saturated carbocycles. The van der Waals surface area contributed by atoms with Crippen molar-refractivity contribution >= 4 is 11.9 Å². The van der Waals surface area contributed by atoms with E-state index in [2.05, 4.69) is 0 Å². The normalized spacial score (nSPS) is 10.4. The van der Waals surface area contributed by atoms with E-state index in [-0.39, 0.29) is 18.8 Å². The summed E-state index contributed by atoms with van der Waals surface area (Å²) in [5.41, 5.74) is 2.06. The number of hydrogen-bond donors (Lipinski definition) is 0. The molecule has 0 aliphatic heterocycles. The third kappa shape index (κ3) is 6.36. The lowest BCUT2D eigenvalue weighted by atomic mass is 10.1. The predicted octanol–water partition coefficient (Wildman–Crippen LogP) is 3.19. The fourth-order valence-corrected chi connectivity index (χ4v) is 1.71. The largest absolute Gasteiger partial charge is 0.465 e. The third-order valence-corrected chi connectivity index (χ3v) is 2.54. The van der Waals surface area contributed by atoms with Gasteiger partial charge in [0.2, 0.25) is 0 Å². The first-order valence-electron chi connectivity index (χ1n) is 6.81. The molecule has 0 atom stereocenters. The van der Waals surface area contributed by atoms with Crippen molar-refractivity contribution in [1.29, 1.82) is 0 Å². The van der Waals surface area contributed by atoms with Gasteiger partial charge in [-0.3, -0.25) is 9.59 Å². The zero-order valence-corrected chi connectivity index (χ0v) is 12.6. The molecular weight excluding hydrogens is 256 g/mol. The molecular formula is C16H22O4. The molecule has 20 heavy (non-hydrogen) atoms. The molecule has 1 aromatic rings. The molecule has 0 aliphatic carbocycles. The van der Waals surface area contributed by atoms with Crippen molar-refractivity contribution < 1.29 is 19.1 Å². The molecule has 0 bridgehead atoms. The van der Waals surface area contributed by atoms with Crippen LogP contribution in [0.2, 0.25) is 0 Å². The summed E-state index contributed by atoms with van der Waals surface area (Å²) < 4.78 is 10.2. The number of esters is 2. The second kappa shape index (κ2) is 7.68. The number of rotatable bonds is 6. The Hall–Kier alpha value is -1.84. The first-order valence-corrected chi connectivity index (χ1v) is 6.81. The molecule has 0 aromatic heterocycles. The van der Waals surface area contributed by atoms with Crippen molar-refractivity contribution in [2.45, 2.75) is 40.5 Å². The first kappa shape index (κ1) is 16.2. The molecule has 0 radical (unpaired) electrons. The fraction of sp³-hybridized carbons (Fsp3) is 0.500. The average molecular weight is 278 g/mol. The van der Waals surface area contributed by atoms with E-state index >= 15 is 0 Å². The molecule has 0 aliphatic rings. The van der Waals surface area contributed by atoms with E-state index in [9.17, 15) is 9.59 Å². The molecule has 4 heteroatoms. The van der Waals surface area contributed by atoms with Crippen molar-refractivity contribution in [2.24, 2.45) is 5.92 Å². The van der Waals surface area contributed by atoms with Gasteiger partial charge < -0.3 is 9.47 Å². The number of carbonyl (C=O) groups excluding carboxylic acids is 2. The van der Waals surface area contributed by atoms with Crippen molar-refractivity contribution in [1.82, 2.24) is 0 Å². The number of carbonyl (C=O) groups is 2. The van der Waals surface area contributed by atoms with Gasteiger partial charge in [-0.1, -0.05) is 19.9 Å². The Labute approximate surface area is 120 Å². The van der Waals surface area contributed by atoms with Crippen LogP contribution in [-0.4, -0.2) is 18.5 Å². The van der Waals surface area contributed by atoms with Crippen LogP contribution in [0.4, 0.5) is 0 Å². The standard InChI is InChI=1S/C16H22O4/c1-11(2)10-19-15(17)5-6-16(18)20-14-8-12(3)7-13(4)9-14/h7-9,11H,5-6,10H2,1-4H3. The van der Waals surface area contributed by atoms with Gasteiger partial charge in [0.05, 0.1) is 19.4 Å². The molecule has 110 valence electrons. The van der Waals surface area contributed by atoms with Crippen molar-refractivity contribution in [3.8, 4) is 5.75 Å². The molecule has 4 nitrogen and oxygen atoms in total. The quantitative estimate of drug-likeness (QED) is 0.592. The molecule has 0 spiro atoms. The fourth-order valence-electron chi connectivity index (χ4n) is 1.71. The Morgan fingerprint density at radius 2 is 1.55 bits per heavy atom. The summed E-state index contributed by atoms with van der Waals surface area (Å²) in [5, 5.41) is 0. The maximum atomic E-state index is 11.6. The molecule has 0 N–H and O–H groups in total. The molecule has 0 fully saturated rings. The van der Waals surface area contributed by atoms with E-state index in [0.717, 1.165) is 11.1 Å². The Morgan fingerprint density at radius 3 is 2.10 bits per heavy atom. The van der Waals surface area contributed by atoms with Gasteiger partial charge in [0, 0.05) is 0 Å². The summed E-state index contributed by atoms with van der Waals surface area (Å²) in [6.45, 7) is 8.18. The van der Waals surface area contributed by atoms with Gasteiger partial charge >= 0.3 is 11.9 Å². The van der Waals surface area contributed by atoms with Crippen molar-refractivity contribution in [3.63, 3.8) is 0 Å². The minimum Gasteiger partial charge on any atom is -0.465 e. The van der Waals surface area contributed by atoms with Gasteiger partial charge in [-0.15, -0.1) is 0 Å². The maximum absolute atomic E-state index is 11.6. The summed E-state index contributed by atoms with van der Waals surface area (Å²) in [7, 11) is 0. The highest BCUT2D eigenvalue weighted by Gasteiger charge is 2.11. The highest BCUT2D eigenvalue weighted by atomic mass is 16.5. The summed E-state index contributed by atoms with van der Waals surface area (Å²) in [6, 6.07) is 5.59. The Morgan fingerprint density at radius 1 is 1.00 bits per heavy atom. The first-order chi connectivity index (χ1) is 9.36. The number of ether oxygens (including phenoxy) is 2. The molecule has 0 heterocycles. The van der Waals surface area contributed by atoms with Crippen LogP contribution >= 0.6 is 0 Å². The molecule has 0 unspecified atom stereocenters. The summed E-state index contributed by atoms with van der Waals surface area (Å²) in [6.07, 6.45) is 0.0836. The molecule has 1 rings (SSSR count). The topological polar surface area (TPSA) is 52.6 Å². The van der Waals surface area contributed by atoms with Gasteiger partial charge in [-0.2, -0.15) is 0 Å². The number of benzene rings is 1. The Kier molecular flexibility index (Phi) is 6.22. The van der Waals surface area contributed by atoms with Crippen LogP contribution in [-0.2, 0) is 14.3 Å². The Bertz CT molecular complexity index is 457. The smallest absolute Gasteiger partial charge is 0.311 e. The van der Waals surface area contributed by atoms with Crippen molar-refractivity contribution in [3.05, 3.63) is 29.3 Å². The Balaban J connectivity index is 2.38. The van der Waals surface area contributed by atoms with Crippen LogP contribution in [0.15, 0.2) is 18.2 Å². The lowest BCUT2D eigenvalue weighted by Gasteiger charge is -2.08. The van der Waals surface area contributed by atoms with Crippen LogP contribution in [0.1, 0.15) is 37.8 Å². The number of hydrogen-bond acceptors (Lipinski definition) is 4. The second-order valence-corrected chi connectivity index (χ2v) is 5.37.